The predicted molar refractivity (Wildman–Crippen MR) is 51.0 cm³/mol. The van der Waals surface area contributed by atoms with E-state index in [1.807, 2.05) is 6.79 Å². The molecule has 0 bridgehead atoms. The predicted octanol–water partition coefficient (Wildman–Crippen LogP) is -1.97. The van der Waals surface area contributed by atoms with Crippen molar-refractivity contribution in [2.75, 3.05) is 0 Å². The molecule has 0 radical (unpaired) electrons. The number of carbonyl (C=O) groups excluding carboxylic acids is 1. The van der Waals surface area contributed by atoms with E-state index in [-0.39, 0.29) is 34.5 Å². The molecule has 0 fully saturated rings. The van der Waals surface area contributed by atoms with Crippen LogP contribution in [0.5, 0.6) is 0 Å². The Kier molecular flexibility index (Phi) is 8.18. The SMILES string of the molecule is C=O.Cc1cccc(S(=O)(=O)[O-])c1C.[Na+]. The third-order valence-corrected chi connectivity index (χ3v) is 2.81. The van der Waals surface area contributed by atoms with Gasteiger partial charge in [0.15, 0.2) is 0 Å². The van der Waals surface area contributed by atoms with Gasteiger partial charge in [0.2, 0.25) is 0 Å². The van der Waals surface area contributed by atoms with Crippen LogP contribution >= 0.6 is 0 Å². The molecular formula is C9H11NaO4S. The fourth-order valence-corrected chi connectivity index (χ4v) is 1.78. The molecule has 0 amide bonds. The van der Waals surface area contributed by atoms with Crippen molar-refractivity contribution < 1.29 is 47.3 Å². The third-order valence-electron chi connectivity index (χ3n) is 1.82. The Hall–Kier alpha value is -0.200. The van der Waals surface area contributed by atoms with E-state index in [2.05, 4.69) is 0 Å². The van der Waals surface area contributed by atoms with Gasteiger partial charge >= 0.3 is 29.6 Å². The van der Waals surface area contributed by atoms with E-state index in [0.29, 0.717) is 5.56 Å². The Bertz CT molecular complexity index is 414. The Morgan fingerprint density at radius 1 is 1.20 bits per heavy atom. The molecule has 0 atom stereocenters. The van der Waals surface area contributed by atoms with Crippen molar-refractivity contribution in [3.05, 3.63) is 29.3 Å². The van der Waals surface area contributed by atoms with Gasteiger partial charge < -0.3 is 9.35 Å². The zero-order valence-corrected chi connectivity index (χ0v) is 11.8. The molecule has 0 unspecified atom stereocenters. The molecule has 78 valence electrons. The first-order valence-corrected chi connectivity index (χ1v) is 5.15. The van der Waals surface area contributed by atoms with Crippen LogP contribution in [0.25, 0.3) is 0 Å². The molecule has 0 spiro atoms. The van der Waals surface area contributed by atoms with Crippen molar-refractivity contribution in [1.82, 2.24) is 0 Å². The Labute approximate surface area is 112 Å². The first kappa shape index (κ1) is 17.2. The van der Waals surface area contributed by atoms with Crippen LogP contribution in [0.3, 0.4) is 0 Å². The van der Waals surface area contributed by atoms with Gasteiger partial charge in [0.1, 0.15) is 16.9 Å². The molecular weight excluding hydrogens is 227 g/mol. The molecule has 4 nitrogen and oxygen atoms in total. The normalized spacial score (nSPS) is 9.53. The minimum Gasteiger partial charge on any atom is -0.744 e. The van der Waals surface area contributed by atoms with E-state index >= 15 is 0 Å². The summed E-state index contributed by atoms with van der Waals surface area (Å²) in [6.07, 6.45) is 0. The van der Waals surface area contributed by atoms with E-state index in [9.17, 15) is 13.0 Å². The van der Waals surface area contributed by atoms with Crippen molar-refractivity contribution in [3.63, 3.8) is 0 Å². The van der Waals surface area contributed by atoms with E-state index < -0.39 is 10.1 Å². The standard InChI is InChI=1S/C8H10O3S.CH2O.Na/c1-6-4-3-5-8(7(6)2)12(9,10)11;1-2;/h3-5H,1-2H3,(H,9,10,11);1H2;/q;;+1/p-1. The van der Waals surface area contributed by atoms with Crippen LogP contribution < -0.4 is 29.6 Å². The fourth-order valence-electron chi connectivity index (χ4n) is 0.995. The second kappa shape index (κ2) is 7.14. The van der Waals surface area contributed by atoms with Gasteiger partial charge in [-0.3, -0.25) is 0 Å². The minimum absolute atomic E-state index is 0. The fraction of sp³-hybridized carbons (Fsp3) is 0.222. The molecule has 1 aromatic rings. The number of hydrogen-bond acceptors (Lipinski definition) is 4. The summed E-state index contributed by atoms with van der Waals surface area (Å²) in [5.41, 5.74) is 1.35. The quantitative estimate of drug-likeness (QED) is 0.420. The van der Waals surface area contributed by atoms with Crippen molar-refractivity contribution >= 4 is 16.9 Å². The van der Waals surface area contributed by atoms with Gasteiger partial charge in [-0.25, -0.2) is 8.42 Å². The number of aryl methyl sites for hydroxylation is 1. The molecule has 0 N–H and O–H groups in total. The molecule has 0 heterocycles. The summed E-state index contributed by atoms with van der Waals surface area (Å²) in [6.45, 7) is 5.39. The van der Waals surface area contributed by atoms with Crippen molar-refractivity contribution in [2.24, 2.45) is 0 Å². The second-order valence-electron chi connectivity index (χ2n) is 2.65. The van der Waals surface area contributed by atoms with Crippen LogP contribution in [0.1, 0.15) is 11.1 Å². The maximum Gasteiger partial charge on any atom is 1.00 e. The first-order chi connectivity index (χ1) is 6.43. The molecule has 1 rings (SSSR count). The smallest absolute Gasteiger partial charge is 0.744 e. The Morgan fingerprint density at radius 3 is 2.00 bits per heavy atom. The van der Waals surface area contributed by atoms with Gasteiger partial charge in [-0.2, -0.15) is 0 Å². The molecule has 0 aliphatic heterocycles. The van der Waals surface area contributed by atoms with Crippen molar-refractivity contribution in [3.8, 4) is 0 Å². The number of carbonyl (C=O) groups is 1. The van der Waals surface area contributed by atoms with E-state index in [0.717, 1.165) is 5.56 Å². The maximum atomic E-state index is 10.7. The molecule has 0 aromatic heterocycles. The summed E-state index contributed by atoms with van der Waals surface area (Å²) in [4.78, 5) is 7.88. The Morgan fingerprint density at radius 2 is 1.67 bits per heavy atom. The second-order valence-corrected chi connectivity index (χ2v) is 4.00. The largest absolute Gasteiger partial charge is 1.00 e. The van der Waals surface area contributed by atoms with E-state index in [4.69, 9.17) is 4.79 Å². The summed E-state index contributed by atoms with van der Waals surface area (Å²) in [7, 11) is -4.31. The van der Waals surface area contributed by atoms with Crippen molar-refractivity contribution in [1.29, 1.82) is 0 Å². The van der Waals surface area contributed by atoms with Gasteiger partial charge in [-0.05, 0) is 31.0 Å². The van der Waals surface area contributed by atoms with Gasteiger partial charge in [0.05, 0.1) is 4.90 Å². The summed E-state index contributed by atoms with van der Waals surface area (Å²) in [6, 6.07) is 4.65. The number of hydrogen-bond donors (Lipinski definition) is 0. The molecule has 6 heteroatoms. The third kappa shape index (κ3) is 4.90. The summed E-state index contributed by atoms with van der Waals surface area (Å²) >= 11 is 0. The van der Waals surface area contributed by atoms with Crippen LogP contribution in [-0.2, 0) is 14.9 Å². The van der Waals surface area contributed by atoms with Gasteiger partial charge in [-0.15, -0.1) is 0 Å². The average Bonchev–Trinajstić information content (AvgIpc) is 2.11. The Balaban J connectivity index is 0. The van der Waals surface area contributed by atoms with E-state index in [1.54, 1.807) is 26.0 Å². The van der Waals surface area contributed by atoms with Crippen LogP contribution in [0.2, 0.25) is 0 Å². The molecule has 0 aliphatic rings. The van der Waals surface area contributed by atoms with Crippen molar-refractivity contribution in [2.45, 2.75) is 18.7 Å². The van der Waals surface area contributed by atoms with Crippen LogP contribution in [0, 0.1) is 13.8 Å². The molecule has 0 aliphatic carbocycles. The van der Waals surface area contributed by atoms with Gasteiger partial charge in [0, 0.05) is 0 Å². The minimum atomic E-state index is -4.31. The van der Waals surface area contributed by atoms with Crippen LogP contribution in [0.4, 0.5) is 0 Å². The molecule has 0 saturated heterocycles. The van der Waals surface area contributed by atoms with Crippen LogP contribution in [0.15, 0.2) is 23.1 Å². The molecule has 1 aromatic carbocycles. The zero-order valence-electron chi connectivity index (χ0n) is 8.98. The molecule has 15 heavy (non-hydrogen) atoms. The maximum absolute atomic E-state index is 10.7. The number of rotatable bonds is 1. The zero-order chi connectivity index (χ0) is 11.4. The van der Waals surface area contributed by atoms with Gasteiger partial charge in [-0.1, -0.05) is 12.1 Å². The van der Waals surface area contributed by atoms with Gasteiger partial charge in [0.25, 0.3) is 0 Å². The topological polar surface area (TPSA) is 74.3 Å². The summed E-state index contributed by atoms with van der Waals surface area (Å²) in [5.74, 6) is 0. The average molecular weight is 238 g/mol. The monoisotopic (exact) mass is 238 g/mol. The van der Waals surface area contributed by atoms with Crippen LogP contribution in [-0.4, -0.2) is 19.8 Å². The first-order valence-electron chi connectivity index (χ1n) is 3.74. The summed E-state index contributed by atoms with van der Waals surface area (Å²) in [5, 5.41) is 0. The number of benzene rings is 1. The van der Waals surface area contributed by atoms with E-state index in [1.165, 1.54) is 6.07 Å². The molecule has 0 saturated carbocycles. The summed E-state index contributed by atoms with van der Waals surface area (Å²) < 4.78 is 32.0.